The fourth-order valence-electron chi connectivity index (χ4n) is 5.05. The first-order valence-corrected chi connectivity index (χ1v) is 15.0. The molecule has 4 aromatic rings. The number of halogens is 1. The first-order chi connectivity index (χ1) is 16.6. The van der Waals surface area contributed by atoms with Gasteiger partial charge < -0.3 is 9.41 Å². The van der Waals surface area contributed by atoms with Gasteiger partial charge in [-0.05, 0) is 73.6 Å². The average molecular weight is 593 g/mol. The van der Waals surface area contributed by atoms with Gasteiger partial charge in [0.15, 0.2) is 0 Å². The Kier molecular flexibility index (Phi) is 7.28. The predicted octanol–water partition coefficient (Wildman–Crippen LogP) is 6.79. The van der Waals surface area contributed by atoms with E-state index in [0.717, 1.165) is 21.0 Å². The van der Waals surface area contributed by atoms with Crippen LogP contribution in [0.25, 0.3) is 10.9 Å². The van der Waals surface area contributed by atoms with E-state index >= 15 is 0 Å². The summed E-state index contributed by atoms with van der Waals surface area (Å²) in [7, 11) is -2.59. The third kappa shape index (κ3) is 5.11. The Labute approximate surface area is 223 Å². The van der Waals surface area contributed by atoms with Crippen LogP contribution in [0.4, 0.5) is 0 Å². The highest BCUT2D eigenvalue weighted by Gasteiger charge is 2.50. The third-order valence-corrected chi connectivity index (χ3v) is 12.6. The van der Waals surface area contributed by atoms with E-state index in [1.165, 1.54) is 15.9 Å². The number of nitriles is 1. The van der Waals surface area contributed by atoms with Crippen molar-refractivity contribution in [3.05, 3.63) is 93.7 Å². The SMILES string of the molecule is CC(C)(CO[Si](c1ccccc1)(c1ccccc1)C(C)(C)C)Cc1c(I)[nH]c2ccc(C#N)cc12. The minimum atomic E-state index is -2.59. The van der Waals surface area contributed by atoms with Crippen molar-refractivity contribution < 1.29 is 4.43 Å². The topological polar surface area (TPSA) is 48.8 Å². The van der Waals surface area contributed by atoms with Gasteiger partial charge in [-0.1, -0.05) is 95.3 Å². The molecule has 4 rings (SSSR count). The van der Waals surface area contributed by atoms with Crippen molar-refractivity contribution in [1.29, 1.82) is 5.26 Å². The van der Waals surface area contributed by atoms with E-state index in [1.807, 2.05) is 18.2 Å². The maximum absolute atomic E-state index is 9.42. The molecule has 1 N–H and O–H groups in total. The van der Waals surface area contributed by atoms with Gasteiger partial charge in [0, 0.05) is 17.5 Å². The molecule has 1 aromatic heterocycles. The second kappa shape index (κ2) is 9.92. The number of nitrogens with zero attached hydrogens (tertiary/aromatic N) is 1. The zero-order valence-corrected chi connectivity index (χ0v) is 24.3. The third-order valence-electron chi connectivity index (χ3n) is 6.73. The first-order valence-electron chi connectivity index (χ1n) is 12.0. The quantitative estimate of drug-likeness (QED) is 0.190. The van der Waals surface area contributed by atoms with Crippen LogP contribution in [-0.2, 0) is 10.8 Å². The minimum absolute atomic E-state index is 0.0529. The molecule has 180 valence electrons. The lowest BCUT2D eigenvalue weighted by Gasteiger charge is -2.44. The van der Waals surface area contributed by atoms with Crippen LogP contribution in [0, 0.1) is 20.4 Å². The van der Waals surface area contributed by atoms with Gasteiger partial charge in [-0.15, -0.1) is 0 Å². The van der Waals surface area contributed by atoms with Gasteiger partial charge in [0.2, 0.25) is 0 Å². The smallest absolute Gasteiger partial charge is 0.261 e. The Morgan fingerprint density at radius 2 is 1.46 bits per heavy atom. The van der Waals surface area contributed by atoms with E-state index in [9.17, 15) is 5.26 Å². The van der Waals surface area contributed by atoms with Crippen LogP contribution in [0.1, 0.15) is 45.7 Å². The zero-order valence-electron chi connectivity index (χ0n) is 21.2. The number of nitrogens with one attached hydrogen (secondary N) is 1. The second-order valence-corrected chi connectivity index (χ2v) is 16.5. The number of rotatable bonds is 7. The standard InChI is InChI=1S/C30H33IN2OSi/c1-29(2,3)35(23-12-8-6-9-13-23,24-14-10-7-11-15-24)34-21-30(4,5)19-26-25-18-22(20-32)16-17-27(25)33-28(26)31/h6-18,33H,19,21H2,1-5H3. The summed E-state index contributed by atoms with van der Waals surface area (Å²) in [5.74, 6) is 0. The van der Waals surface area contributed by atoms with Crippen LogP contribution < -0.4 is 10.4 Å². The molecule has 0 saturated heterocycles. The molecule has 0 spiro atoms. The highest BCUT2D eigenvalue weighted by Crippen LogP contribution is 2.39. The maximum Gasteiger partial charge on any atom is 0.261 e. The zero-order chi connectivity index (χ0) is 25.3. The molecule has 0 atom stereocenters. The van der Waals surface area contributed by atoms with Crippen LogP contribution in [0.2, 0.25) is 5.04 Å². The molecule has 0 aliphatic heterocycles. The molecule has 3 aromatic carbocycles. The van der Waals surface area contributed by atoms with Crippen LogP contribution in [0.5, 0.6) is 0 Å². The number of H-pyrrole nitrogens is 1. The molecular weight excluding hydrogens is 559 g/mol. The van der Waals surface area contributed by atoms with Gasteiger partial charge >= 0.3 is 0 Å². The number of fused-ring (bicyclic) bond motifs is 1. The van der Waals surface area contributed by atoms with Crippen molar-refractivity contribution in [2.24, 2.45) is 5.41 Å². The lowest BCUT2D eigenvalue weighted by atomic mass is 9.86. The largest absolute Gasteiger partial charge is 0.407 e. The number of hydrogen-bond donors (Lipinski definition) is 1. The van der Waals surface area contributed by atoms with Crippen LogP contribution in [0.15, 0.2) is 78.9 Å². The lowest BCUT2D eigenvalue weighted by Crippen LogP contribution is -2.67. The number of aromatic nitrogens is 1. The summed E-state index contributed by atoms with van der Waals surface area (Å²) in [4.78, 5) is 3.49. The van der Waals surface area contributed by atoms with Gasteiger partial charge in [-0.25, -0.2) is 0 Å². The molecular formula is C30H33IN2OSi. The van der Waals surface area contributed by atoms with Gasteiger partial charge in [0.25, 0.3) is 8.32 Å². The van der Waals surface area contributed by atoms with Crippen molar-refractivity contribution >= 4 is 52.2 Å². The van der Waals surface area contributed by atoms with Gasteiger partial charge in [0.1, 0.15) is 0 Å². The highest BCUT2D eigenvalue weighted by molar-refractivity contribution is 14.1. The fourth-order valence-corrected chi connectivity index (χ4v) is 10.6. The van der Waals surface area contributed by atoms with Crippen molar-refractivity contribution in [2.45, 2.75) is 46.1 Å². The van der Waals surface area contributed by atoms with Crippen LogP contribution in [0.3, 0.4) is 0 Å². The normalized spacial score (nSPS) is 12.6. The van der Waals surface area contributed by atoms with Crippen molar-refractivity contribution in [2.75, 3.05) is 6.61 Å². The molecule has 5 heteroatoms. The average Bonchev–Trinajstić information content (AvgIpc) is 3.13. The summed E-state index contributed by atoms with van der Waals surface area (Å²) < 4.78 is 8.38. The Bertz CT molecular complexity index is 1310. The molecule has 35 heavy (non-hydrogen) atoms. The van der Waals surface area contributed by atoms with Crippen molar-refractivity contribution in [1.82, 2.24) is 4.98 Å². The molecule has 0 fully saturated rings. The first kappa shape index (κ1) is 25.7. The van der Waals surface area contributed by atoms with E-state index in [4.69, 9.17) is 4.43 Å². The van der Waals surface area contributed by atoms with Gasteiger partial charge in [0.05, 0.1) is 15.3 Å². The lowest BCUT2D eigenvalue weighted by molar-refractivity contribution is 0.169. The van der Waals surface area contributed by atoms with Crippen LogP contribution in [-0.4, -0.2) is 19.9 Å². The summed E-state index contributed by atoms with van der Waals surface area (Å²) in [6, 6.07) is 29.8. The number of hydrogen-bond acceptors (Lipinski definition) is 2. The molecule has 0 bridgehead atoms. The van der Waals surface area contributed by atoms with E-state index in [0.29, 0.717) is 12.2 Å². The predicted molar refractivity (Wildman–Crippen MR) is 157 cm³/mol. The van der Waals surface area contributed by atoms with E-state index < -0.39 is 8.32 Å². The summed E-state index contributed by atoms with van der Waals surface area (Å²) >= 11 is 2.38. The maximum atomic E-state index is 9.42. The van der Waals surface area contributed by atoms with E-state index in [-0.39, 0.29) is 10.5 Å². The Morgan fingerprint density at radius 1 is 0.886 bits per heavy atom. The summed E-state index contributed by atoms with van der Waals surface area (Å²) in [6.45, 7) is 12.2. The minimum Gasteiger partial charge on any atom is -0.407 e. The fraction of sp³-hybridized carbons (Fsp3) is 0.300. The van der Waals surface area contributed by atoms with Crippen molar-refractivity contribution in [3.8, 4) is 6.07 Å². The van der Waals surface area contributed by atoms with E-state index in [1.54, 1.807) is 0 Å². The summed E-state index contributed by atoms with van der Waals surface area (Å²) in [6.07, 6.45) is 0.859. The molecule has 0 unspecified atom stereocenters. The number of benzene rings is 3. The molecule has 0 radical (unpaired) electrons. The molecule has 3 nitrogen and oxygen atoms in total. The van der Waals surface area contributed by atoms with Gasteiger partial charge in [-0.3, -0.25) is 0 Å². The second-order valence-electron chi connectivity index (χ2n) is 11.1. The van der Waals surface area contributed by atoms with Crippen molar-refractivity contribution in [3.63, 3.8) is 0 Å². The monoisotopic (exact) mass is 592 g/mol. The molecule has 0 aliphatic rings. The number of aromatic amines is 1. The molecule has 1 heterocycles. The molecule has 0 aliphatic carbocycles. The molecule has 0 saturated carbocycles. The Morgan fingerprint density at radius 3 is 1.97 bits per heavy atom. The van der Waals surface area contributed by atoms with Crippen LogP contribution >= 0.6 is 22.6 Å². The highest BCUT2D eigenvalue weighted by atomic mass is 127. The Hall–Kier alpha value is -2.40. The summed E-state index contributed by atoms with van der Waals surface area (Å²) in [5.41, 5.74) is 2.92. The van der Waals surface area contributed by atoms with E-state index in [2.05, 4.69) is 129 Å². The molecule has 0 amide bonds. The summed E-state index contributed by atoms with van der Waals surface area (Å²) in [5, 5.41) is 13.1. The van der Waals surface area contributed by atoms with Gasteiger partial charge in [-0.2, -0.15) is 5.26 Å². The Balaban J connectivity index is 1.72.